The molecule has 1 aromatic heterocycles. The molecule has 20 heavy (non-hydrogen) atoms. The molecule has 0 atom stereocenters. The maximum atomic E-state index is 5.55. The zero-order valence-corrected chi connectivity index (χ0v) is 13.4. The molecule has 6 heteroatoms. The lowest BCUT2D eigenvalue weighted by Gasteiger charge is -2.05. The largest absolute Gasteiger partial charge is 0.326 e. The average molecular weight is 337 g/mol. The molecule has 0 saturated heterocycles. The Morgan fingerprint density at radius 2 is 1.20 bits per heavy atom. The van der Waals surface area contributed by atoms with Gasteiger partial charge in [0.05, 0.1) is 0 Å². The molecular formula is C14H20Cl3N3. The topological polar surface area (TPSA) is 50.9 Å². The van der Waals surface area contributed by atoms with Gasteiger partial charge in [0.25, 0.3) is 0 Å². The fraction of sp³-hybridized carbons (Fsp3) is 0.214. The summed E-state index contributed by atoms with van der Waals surface area (Å²) in [6, 6.07) is 12.4. The van der Waals surface area contributed by atoms with Gasteiger partial charge in [0.2, 0.25) is 0 Å². The Balaban J connectivity index is 0. The van der Waals surface area contributed by atoms with Gasteiger partial charge < -0.3 is 11.1 Å². The first-order valence-electron chi connectivity index (χ1n) is 5.76. The Labute approximate surface area is 138 Å². The molecule has 0 unspecified atom stereocenters. The van der Waals surface area contributed by atoms with Gasteiger partial charge in [-0.1, -0.05) is 24.3 Å². The van der Waals surface area contributed by atoms with E-state index in [0.717, 1.165) is 13.1 Å². The minimum absolute atomic E-state index is 0. The number of halogens is 3. The van der Waals surface area contributed by atoms with E-state index in [4.69, 9.17) is 5.73 Å². The van der Waals surface area contributed by atoms with Gasteiger partial charge in [0, 0.05) is 32.0 Å². The summed E-state index contributed by atoms with van der Waals surface area (Å²) in [6.07, 6.45) is 3.63. The van der Waals surface area contributed by atoms with Crippen LogP contribution in [0, 0.1) is 0 Å². The molecule has 2 rings (SSSR count). The van der Waals surface area contributed by atoms with Crippen molar-refractivity contribution in [3.63, 3.8) is 0 Å². The third-order valence-electron chi connectivity index (χ3n) is 2.67. The first kappa shape index (κ1) is 21.5. The van der Waals surface area contributed by atoms with Crippen LogP contribution < -0.4 is 11.1 Å². The van der Waals surface area contributed by atoms with Crippen LogP contribution in [-0.2, 0) is 19.6 Å². The Kier molecular flexibility index (Phi) is 12.8. The molecule has 0 radical (unpaired) electrons. The van der Waals surface area contributed by atoms with E-state index >= 15 is 0 Å². The molecule has 3 nitrogen and oxygen atoms in total. The van der Waals surface area contributed by atoms with Crippen LogP contribution in [0.4, 0.5) is 0 Å². The highest BCUT2D eigenvalue weighted by molar-refractivity contribution is 5.86. The first-order chi connectivity index (χ1) is 8.38. The van der Waals surface area contributed by atoms with Crippen LogP contribution in [0.1, 0.15) is 16.7 Å². The van der Waals surface area contributed by atoms with Crippen molar-refractivity contribution in [2.24, 2.45) is 5.73 Å². The Bertz CT molecular complexity index is 449. The summed E-state index contributed by atoms with van der Waals surface area (Å²) < 4.78 is 0. The predicted octanol–water partition coefficient (Wildman–Crippen LogP) is 3.10. The van der Waals surface area contributed by atoms with Crippen LogP contribution in [0.15, 0.2) is 48.8 Å². The number of hydrogen-bond acceptors (Lipinski definition) is 3. The van der Waals surface area contributed by atoms with Crippen LogP contribution in [0.25, 0.3) is 0 Å². The van der Waals surface area contributed by atoms with Crippen molar-refractivity contribution in [2.75, 3.05) is 0 Å². The highest BCUT2D eigenvalue weighted by Gasteiger charge is 1.94. The second-order valence-electron chi connectivity index (χ2n) is 3.98. The number of nitrogens with one attached hydrogen (secondary N) is 1. The van der Waals surface area contributed by atoms with Gasteiger partial charge in [-0.15, -0.1) is 37.2 Å². The van der Waals surface area contributed by atoms with Crippen molar-refractivity contribution >= 4 is 37.2 Å². The maximum Gasteiger partial charge on any atom is 0.0271 e. The smallest absolute Gasteiger partial charge is 0.0271 e. The normalized spacial score (nSPS) is 8.85. The first-order valence-corrected chi connectivity index (χ1v) is 5.76. The second-order valence-corrected chi connectivity index (χ2v) is 3.98. The van der Waals surface area contributed by atoms with Crippen LogP contribution in [0.5, 0.6) is 0 Å². The molecule has 0 bridgehead atoms. The molecule has 112 valence electrons. The number of aromatic nitrogens is 1. The van der Waals surface area contributed by atoms with Crippen LogP contribution in [0.2, 0.25) is 0 Å². The molecule has 2 aromatic rings. The maximum absolute atomic E-state index is 5.55. The number of hydrogen-bond donors (Lipinski definition) is 2. The molecular weight excluding hydrogens is 317 g/mol. The summed E-state index contributed by atoms with van der Waals surface area (Å²) in [6.45, 7) is 2.33. The summed E-state index contributed by atoms with van der Waals surface area (Å²) >= 11 is 0. The highest BCUT2D eigenvalue weighted by Crippen LogP contribution is 2.04. The third-order valence-corrected chi connectivity index (χ3v) is 2.67. The van der Waals surface area contributed by atoms with E-state index in [1.165, 1.54) is 16.7 Å². The SMILES string of the molecule is Cl.Cl.Cl.NCc1ccc(CNCc2ccncc2)cc1. The molecule has 0 fully saturated rings. The predicted molar refractivity (Wildman–Crippen MR) is 90.9 cm³/mol. The molecule has 1 aromatic carbocycles. The average Bonchev–Trinajstić information content (AvgIpc) is 2.41. The summed E-state index contributed by atoms with van der Waals surface area (Å²) in [5.41, 5.74) is 9.25. The third kappa shape index (κ3) is 7.08. The summed E-state index contributed by atoms with van der Waals surface area (Å²) in [7, 11) is 0. The molecule has 0 amide bonds. The van der Waals surface area contributed by atoms with Crippen LogP contribution in [-0.4, -0.2) is 4.98 Å². The van der Waals surface area contributed by atoms with Gasteiger partial charge in [0.15, 0.2) is 0 Å². The monoisotopic (exact) mass is 335 g/mol. The zero-order valence-electron chi connectivity index (χ0n) is 11.0. The number of rotatable bonds is 5. The number of pyridine rings is 1. The number of nitrogens with two attached hydrogens (primary N) is 1. The molecule has 3 N–H and O–H groups in total. The van der Waals surface area contributed by atoms with E-state index < -0.39 is 0 Å². The highest BCUT2D eigenvalue weighted by atomic mass is 35.5. The standard InChI is InChI=1S/C14H17N3.3ClH/c15-9-12-1-3-13(4-2-12)10-17-11-14-5-7-16-8-6-14;;;/h1-8,17H,9-11,15H2;3*1H. The number of benzene rings is 1. The van der Waals surface area contributed by atoms with Crippen molar-refractivity contribution in [2.45, 2.75) is 19.6 Å². The second kappa shape index (κ2) is 11.9. The lowest BCUT2D eigenvalue weighted by atomic mass is 10.1. The van der Waals surface area contributed by atoms with E-state index in [0.29, 0.717) is 6.54 Å². The minimum Gasteiger partial charge on any atom is -0.326 e. The van der Waals surface area contributed by atoms with Gasteiger partial charge in [-0.25, -0.2) is 0 Å². The lowest BCUT2D eigenvalue weighted by Crippen LogP contribution is -2.12. The van der Waals surface area contributed by atoms with Gasteiger partial charge >= 0.3 is 0 Å². The van der Waals surface area contributed by atoms with Crippen molar-refractivity contribution in [1.29, 1.82) is 0 Å². The Morgan fingerprint density at radius 3 is 1.70 bits per heavy atom. The van der Waals surface area contributed by atoms with Crippen molar-refractivity contribution in [1.82, 2.24) is 10.3 Å². The number of nitrogens with zero attached hydrogens (tertiary/aromatic N) is 1. The van der Waals surface area contributed by atoms with Gasteiger partial charge in [-0.3, -0.25) is 4.98 Å². The summed E-state index contributed by atoms with van der Waals surface area (Å²) in [5, 5.41) is 3.40. The van der Waals surface area contributed by atoms with E-state index in [-0.39, 0.29) is 37.2 Å². The van der Waals surface area contributed by atoms with Gasteiger partial charge in [-0.2, -0.15) is 0 Å². The van der Waals surface area contributed by atoms with E-state index in [1.54, 1.807) is 0 Å². The van der Waals surface area contributed by atoms with Crippen LogP contribution in [0.3, 0.4) is 0 Å². The quantitative estimate of drug-likeness (QED) is 0.882. The van der Waals surface area contributed by atoms with Crippen molar-refractivity contribution in [3.8, 4) is 0 Å². The van der Waals surface area contributed by atoms with Crippen molar-refractivity contribution in [3.05, 3.63) is 65.5 Å². The Hall–Kier alpha value is -0.840. The summed E-state index contributed by atoms with van der Waals surface area (Å²) in [5.74, 6) is 0. The fourth-order valence-electron chi connectivity index (χ4n) is 1.65. The van der Waals surface area contributed by atoms with Crippen LogP contribution >= 0.6 is 37.2 Å². The molecule has 0 spiro atoms. The van der Waals surface area contributed by atoms with Gasteiger partial charge in [-0.05, 0) is 28.8 Å². The van der Waals surface area contributed by atoms with E-state index in [9.17, 15) is 0 Å². The molecule has 0 aliphatic carbocycles. The lowest BCUT2D eigenvalue weighted by molar-refractivity contribution is 0.692. The molecule has 1 heterocycles. The summed E-state index contributed by atoms with van der Waals surface area (Å²) in [4.78, 5) is 3.99. The van der Waals surface area contributed by atoms with E-state index in [1.807, 2.05) is 24.5 Å². The fourth-order valence-corrected chi connectivity index (χ4v) is 1.65. The van der Waals surface area contributed by atoms with Crippen molar-refractivity contribution < 1.29 is 0 Å². The van der Waals surface area contributed by atoms with Gasteiger partial charge in [0.1, 0.15) is 0 Å². The zero-order chi connectivity index (χ0) is 11.9. The molecule has 0 saturated carbocycles. The Morgan fingerprint density at radius 1 is 0.750 bits per heavy atom. The van der Waals surface area contributed by atoms with E-state index in [2.05, 4.69) is 34.6 Å². The minimum atomic E-state index is 0. The molecule has 0 aliphatic rings. The molecule has 0 aliphatic heterocycles.